The summed E-state index contributed by atoms with van der Waals surface area (Å²) >= 11 is 1.60. The van der Waals surface area contributed by atoms with E-state index < -0.39 is 0 Å². The first kappa shape index (κ1) is 19.8. The number of carbonyl (C=O) groups excluding carboxylic acids is 3. The quantitative estimate of drug-likeness (QED) is 0.758. The molecule has 1 N–H and O–H groups in total. The molecule has 138 valence electrons. The van der Waals surface area contributed by atoms with Gasteiger partial charge in [0.05, 0.1) is 0 Å². The lowest BCUT2D eigenvalue weighted by molar-refractivity contribution is -0.130. The monoisotopic (exact) mass is 372 g/mol. The molecule has 2 aromatic rings. The number of aryl methyl sites for hydroxylation is 2. The van der Waals surface area contributed by atoms with Gasteiger partial charge in [-0.1, -0.05) is 12.1 Å². The molecule has 0 atom stereocenters. The molecule has 2 amide bonds. The molecule has 5 nitrogen and oxygen atoms in total. The van der Waals surface area contributed by atoms with Gasteiger partial charge in [0.1, 0.15) is 0 Å². The van der Waals surface area contributed by atoms with E-state index in [0.717, 1.165) is 20.9 Å². The molecule has 1 aromatic heterocycles. The smallest absolute Gasteiger partial charge is 0.251 e. The maximum Gasteiger partial charge on any atom is 0.251 e. The highest BCUT2D eigenvalue weighted by Crippen LogP contribution is 2.22. The minimum Gasteiger partial charge on any atom is -0.355 e. The Balaban J connectivity index is 1.88. The summed E-state index contributed by atoms with van der Waals surface area (Å²) in [4.78, 5) is 39.9. The molecule has 0 fully saturated rings. The lowest BCUT2D eigenvalue weighted by Crippen LogP contribution is -2.26. The van der Waals surface area contributed by atoms with Crippen molar-refractivity contribution in [1.29, 1.82) is 0 Å². The highest BCUT2D eigenvalue weighted by Gasteiger charge is 2.16. The van der Waals surface area contributed by atoms with E-state index in [1.807, 2.05) is 32.0 Å². The van der Waals surface area contributed by atoms with E-state index in [1.165, 1.54) is 0 Å². The molecule has 0 aliphatic carbocycles. The third-order valence-electron chi connectivity index (χ3n) is 4.20. The fraction of sp³-hybridized carbons (Fsp3) is 0.350. The molecular weight excluding hydrogens is 348 g/mol. The summed E-state index contributed by atoms with van der Waals surface area (Å²) < 4.78 is 0. The second kappa shape index (κ2) is 8.76. The van der Waals surface area contributed by atoms with Crippen LogP contribution in [0.25, 0.3) is 0 Å². The molecule has 0 spiro atoms. The first-order valence-electron chi connectivity index (χ1n) is 8.47. The highest BCUT2D eigenvalue weighted by atomic mass is 32.1. The Morgan fingerprint density at radius 2 is 1.73 bits per heavy atom. The van der Waals surface area contributed by atoms with E-state index in [0.29, 0.717) is 12.1 Å². The summed E-state index contributed by atoms with van der Waals surface area (Å²) in [5.74, 6) is -0.194. The molecule has 2 rings (SSSR count). The predicted octanol–water partition coefficient (Wildman–Crippen LogP) is 3.35. The molecule has 0 aliphatic heterocycles. The first-order valence-corrected chi connectivity index (χ1v) is 9.28. The van der Waals surface area contributed by atoms with Crippen LogP contribution >= 0.6 is 11.3 Å². The minimum atomic E-state index is -0.140. The van der Waals surface area contributed by atoms with Gasteiger partial charge in [-0.25, -0.2) is 0 Å². The molecule has 0 radical (unpaired) electrons. The Labute approximate surface area is 158 Å². The average Bonchev–Trinajstić information content (AvgIpc) is 2.97. The van der Waals surface area contributed by atoms with E-state index in [2.05, 4.69) is 5.32 Å². The lowest BCUT2D eigenvalue weighted by Gasteiger charge is -2.17. The number of ketones is 1. The maximum absolute atomic E-state index is 12.3. The predicted molar refractivity (Wildman–Crippen MR) is 104 cm³/mol. The Morgan fingerprint density at radius 3 is 2.27 bits per heavy atom. The fourth-order valence-electron chi connectivity index (χ4n) is 2.72. The van der Waals surface area contributed by atoms with Gasteiger partial charge in [0, 0.05) is 54.4 Å². The van der Waals surface area contributed by atoms with Crippen molar-refractivity contribution in [2.45, 2.75) is 33.2 Å². The van der Waals surface area contributed by atoms with Gasteiger partial charge < -0.3 is 10.2 Å². The van der Waals surface area contributed by atoms with Gasteiger partial charge in [-0.3, -0.25) is 14.4 Å². The minimum absolute atomic E-state index is 0.0172. The Hall–Kier alpha value is -2.47. The van der Waals surface area contributed by atoms with E-state index in [4.69, 9.17) is 0 Å². The van der Waals surface area contributed by atoms with Gasteiger partial charge >= 0.3 is 0 Å². The molecule has 0 aliphatic rings. The zero-order chi connectivity index (χ0) is 19.3. The number of rotatable bonds is 7. The number of nitrogens with one attached hydrogen (secondary N) is 1. The third kappa shape index (κ3) is 5.02. The van der Waals surface area contributed by atoms with Crippen molar-refractivity contribution in [2.75, 3.05) is 14.1 Å². The summed E-state index contributed by atoms with van der Waals surface area (Å²) in [5, 5.41) is 2.57. The SMILES string of the molecule is CNC(=O)c1ccc(CN(C)C(=O)CCC(=O)c2cc(C)sc2C)cc1. The van der Waals surface area contributed by atoms with Crippen molar-refractivity contribution < 1.29 is 14.4 Å². The molecule has 1 aromatic carbocycles. The number of thiophene rings is 1. The molecule has 0 saturated heterocycles. The number of nitrogens with zero attached hydrogens (tertiary/aromatic N) is 1. The van der Waals surface area contributed by atoms with Crippen LogP contribution in [0, 0.1) is 13.8 Å². The lowest BCUT2D eigenvalue weighted by atomic mass is 10.1. The van der Waals surface area contributed by atoms with Crippen molar-refractivity contribution in [3.8, 4) is 0 Å². The van der Waals surface area contributed by atoms with Crippen molar-refractivity contribution in [2.24, 2.45) is 0 Å². The van der Waals surface area contributed by atoms with Gasteiger partial charge in [0.25, 0.3) is 5.91 Å². The van der Waals surface area contributed by atoms with Crippen LogP contribution < -0.4 is 5.32 Å². The zero-order valence-electron chi connectivity index (χ0n) is 15.6. The van der Waals surface area contributed by atoms with Crippen molar-refractivity contribution >= 4 is 28.9 Å². The van der Waals surface area contributed by atoms with Gasteiger partial charge in [-0.05, 0) is 37.6 Å². The number of amides is 2. The highest BCUT2D eigenvalue weighted by molar-refractivity contribution is 7.12. The summed E-state index contributed by atoms with van der Waals surface area (Å²) in [5.41, 5.74) is 2.24. The third-order valence-corrected chi connectivity index (χ3v) is 5.16. The van der Waals surface area contributed by atoms with Crippen molar-refractivity contribution in [3.63, 3.8) is 0 Å². The van der Waals surface area contributed by atoms with Crippen LogP contribution in [0.1, 0.15) is 48.9 Å². The van der Waals surface area contributed by atoms with Gasteiger partial charge in [0.2, 0.25) is 5.91 Å². The number of carbonyl (C=O) groups is 3. The number of hydrogen-bond acceptors (Lipinski definition) is 4. The standard InChI is InChI=1S/C20H24N2O3S/c1-13-11-17(14(2)26-13)18(23)9-10-19(24)22(4)12-15-5-7-16(8-6-15)20(25)21-3/h5-8,11H,9-10,12H2,1-4H3,(H,21,25). The van der Waals surface area contributed by atoms with Crippen LogP contribution in [-0.2, 0) is 11.3 Å². The van der Waals surface area contributed by atoms with Crippen LogP contribution in [0.5, 0.6) is 0 Å². The van der Waals surface area contributed by atoms with Gasteiger partial charge in [0.15, 0.2) is 5.78 Å². The second-order valence-electron chi connectivity index (χ2n) is 6.28. The van der Waals surface area contributed by atoms with Crippen molar-refractivity contribution in [3.05, 3.63) is 56.8 Å². The molecule has 0 unspecified atom stereocenters. The number of Topliss-reactive ketones (excluding diaryl/α,β-unsaturated/α-hetero) is 1. The summed E-state index contributed by atoms with van der Waals surface area (Å²) in [6.07, 6.45) is 0.412. The maximum atomic E-state index is 12.3. The Bertz CT molecular complexity index is 809. The van der Waals surface area contributed by atoms with Crippen LogP contribution in [0.2, 0.25) is 0 Å². The molecule has 26 heavy (non-hydrogen) atoms. The van der Waals surface area contributed by atoms with E-state index in [-0.39, 0.29) is 30.4 Å². The normalized spacial score (nSPS) is 10.5. The average molecular weight is 372 g/mol. The molecule has 0 saturated carbocycles. The van der Waals surface area contributed by atoms with Crippen LogP contribution in [0.4, 0.5) is 0 Å². The summed E-state index contributed by atoms with van der Waals surface area (Å²) in [6, 6.07) is 9.02. The van der Waals surface area contributed by atoms with Gasteiger partial charge in [-0.15, -0.1) is 11.3 Å². The van der Waals surface area contributed by atoms with Crippen molar-refractivity contribution in [1.82, 2.24) is 10.2 Å². The van der Waals surface area contributed by atoms with E-state index >= 15 is 0 Å². The topological polar surface area (TPSA) is 66.5 Å². The fourth-order valence-corrected chi connectivity index (χ4v) is 3.66. The second-order valence-corrected chi connectivity index (χ2v) is 7.74. The Morgan fingerprint density at radius 1 is 1.08 bits per heavy atom. The molecule has 0 bridgehead atoms. The molecular formula is C20H24N2O3S. The Kier molecular flexibility index (Phi) is 6.69. The van der Waals surface area contributed by atoms with Crippen LogP contribution in [0.15, 0.2) is 30.3 Å². The summed E-state index contributed by atoms with van der Waals surface area (Å²) in [7, 11) is 3.31. The first-order chi connectivity index (χ1) is 12.3. The zero-order valence-corrected chi connectivity index (χ0v) is 16.4. The molecule has 1 heterocycles. The number of benzene rings is 1. The van der Waals surface area contributed by atoms with Gasteiger partial charge in [-0.2, -0.15) is 0 Å². The largest absolute Gasteiger partial charge is 0.355 e. The van der Waals surface area contributed by atoms with E-state index in [9.17, 15) is 14.4 Å². The summed E-state index contributed by atoms with van der Waals surface area (Å²) in [6.45, 7) is 4.35. The van der Waals surface area contributed by atoms with Crippen LogP contribution in [-0.4, -0.2) is 36.6 Å². The van der Waals surface area contributed by atoms with E-state index in [1.54, 1.807) is 42.5 Å². The van der Waals surface area contributed by atoms with Crippen LogP contribution in [0.3, 0.4) is 0 Å². The molecule has 6 heteroatoms. The number of hydrogen-bond donors (Lipinski definition) is 1.